The predicted molar refractivity (Wildman–Crippen MR) is 102 cm³/mol. The highest BCUT2D eigenvalue weighted by molar-refractivity contribution is 5.92. The van der Waals surface area contributed by atoms with E-state index in [0.717, 1.165) is 38.2 Å². The number of hydrogen-bond acceptors (Lipinski definition) is 4. The number of nitrogens with zero attached hydrogens (tertiary/aromatic N) is 2. The lowest BCUT2D eigenvalue weighted by molar-refractivity contribution is 0.0748. The van der Waals surface area contributed by atoms with Crippen molar-refractivity contribution in [3.8, 4) is 0 Å². The Balaban J connectivity index is 1.26. The van der Waals surface area contributed by atoms with Crippen LogP contribution in [0.1, 0.15) is 42.7 Å². The number of amides is 3. The minimum Gasteiger partial charge on any atom is -0.456 e. The van der Waals surface area contributed by atoms with Crippen LogP contribution in [-0.2, 0) is 0 Å². The number of halogens is 1. The van der Waals surface area contributed by atoms with Crippen LogP contribution >= 0.6 is 0 Å². The van der Waals surface area contributed by atoms with Crippen LogP contribution in [0.2, 0.25) is 0 Å². The summed E-state index contributed by atoms with van der Waals surface area (Å²) in [4.78, 5) is 29.5. The van der Waals surface area contributed by atoms with Crippen molar-refractivity contribution in [3.05, 3.63) is 48.4 Å². The molecule has 2 aromatic rings. The van der Waals surface area contributed by atoms with Crippen LogP contribution in [0.25, 0.3) is 0 Å². The zero-order chi connectivity index (χ0) is 19.8. The third kappa shape index (κ3) is 5.55. The summed E-state index contributed by atoms with van der Waals surface area (Å²) in [7, 11) is 0. The molecule has 3 amide bonds. The SMILES string of the molecule is O=C(NCCCCCC1CCN(C(=O)c2occc2F)C1)Nc1ccncc1. The normalized spacial score (nSPS) is 16.2. The first kappa shape index (κ1) is 19.9. The van der Waals surface area contributed by atoms with E-state index in [4.69, 9.17) is 4.42 Å². The Bertz CT molecular complexity index is 781. The van der Waals surface area contributed by atoms with E-state index < -0.39 is 5.82 Å². The molecule has 7 nitrogen and oxygen atoms in total. The monoisotopic (exact) mass is 388 g/mol. The number of likely N-dealkylation sites (tertiary alicyclic amines) is 1. The fourth-order valence-electron chi connectivity index (χ4n) is 3.39. The lowest BCUT2D eigenvalue weighted by Gasteiger charge is -2.15. The molecule has 150 valence electrons. The van der Waals surface area contributed by atoms with E-state index in [1.165, 1.54) is 6.26 Å². The quantitative estimate of drug-likeness (QED) is 0.676. The summed E-state index contributed by atoms with van der Waals surface area (Å²) in [5.74, 6) is -0.731. The van der Waals surface area contributed by atoms with Crippen LogP contribution in [0.15, 0.2) is 41.3 Å². The van der Waals surface area contributed by atoms with E-state index in [1.807, 2.05) is 0 Å². The van der Waals surface area contributed by atoms with Gasteiger partial charge in [0.2, 0.25) is 5.76 Å². The van der Waals surface area contributed by atoms with Gasteiger partial charge in [0.25, 0.3) is 5.91 Å². The smallest absolute Gasteiger partial charge is 0.319 e. The van der Waals surface area contributed by atoms with Gasteiger partial charge in [0, 0.05) is 43.8 Å². The Morgan fingerprint density at radius 3 is 2.79 bits per heavy atom. The Morgan fingerprint density at radius 2 is 2.04 bits per heavy atom. The Kier molecular flexibility index (Phi) is 7.00. The van der Waals surface area contributed by atoms with Gasteiger partial charge in [-0.15, -0.1) is 0 Å². The maximum Gasteiger partial charge on any atom is 0.319 e. The Morgan fingerprint density at radius 1 is 1.21 bits per heavy atom. The van der Waals surface area contributed by atoms with Gasteiger partial charge in [-0.05, 0) is 37.3 Å². The molecule has 0 spiro atoms. The highest BCUT2D eigenvalue weighted by atomic mass is 19.1. The standard InChI is InChI=1S/C20H25FN4O3/c21-17-8-13-28-18(17)19(26)25-12-7-15(14-25)4-2-1-3-9-23-20(27)24-16-5-10-22-11-6-16/h5-6,8,10-11,13,15H,1-4,7,9,12,14H2,(H2,22,23,24,27). The number of anilines is 1. The molecule has 1 atom stereocenters. The number of furan rings is 1. The topological polar surface area (TPSA) is 87.5 Å². The number of hydrogen-bond donors (Lipinski definition) is 2. The number of pyridine rings is 1. The summed E-state index contributed by atoms with van der Waals surface area (Å²) in [6.45, 7) is 1.90. The number of nitrogens with one attached hydrogen (secondary N) is 2. The Hall–Kier alpha value is -2.90. The molecule has 0 aromatic carbocycles. The average molecular weight is 388 g/mol. The molecule has 2 aromatic heterocycles. The number of aromatic nitrogens is 1. The second-order valence-electron chi connectivity index (χ2n) is 6.97. The van der Waals surface area contributed by atoms with Gasteiger partial charge in [-0.25, -0.2) is 9.18 Å². The molecule has 2 N–H and O–H groups in total. The molecule has 28 heavy (non-hydrogen) atoms. The second-order valence-corrected chi connectivity index (χ2v) is 6.97. The molecule has 1 unspecified atom stereocenters. The number of urea groups is 1. The second kappa shape index (κ2) is 9.87. The van der Waals surface area contributed by atoms with Crippen LogP contribution < -0.4 is 10.6 Å². The molecule has 3 heterocycles. The van der Waals surface area contributed by atoms with Crippen molar-refractivity contribution in [2.24, 2.45) is 5.92 Å². The zero-order valence-corrected chi connectivity index (χ0v) is 15.7. The van der Waals surface area contributed by atoms with Crippen LogP contribution in [-0.4, -0.2) is 41.5 Å². The third-order valence-electron chi connectivity index (χ3n) is 4.90. The van der Waals surface area contributed by atoms with Crippen molar-refractivity contribution < 1.29 is 18.4 Å². The molecule has 8 heteroatoms. The maximum absolute atomic E-state index is 13.5. The van der Waals surface area contributed by atoms with Gasteiger partial charge in [0.15, 0.2) is 5.82 Å². The molecule has 0 aliphatic carbocycles. The van der Waals surface area contributed by atoms with Crippen LogP contribution in [0.5, 0.6) is 0 Å². The lowest BCUT2D eigenvalue weighted by Crippen LogP contribution is -2.29. The first-order valence-corrected chi connectivity index (χ1v) is 9.60. The summed E-state index contributed by atoms with van der Waals surface area (Å²) in [6.07, 6.45) is 9.34. The van der Waals surface area contributed by atoms with Crippen molar-refractivity contribution in [2.45, 2.75) is 32.1 Å². The van der Waals surface area contributed by atoms with E-state index >= 15 is 0 Å². The van der Waals surface area contributed by atoms with Crippen molar-refractivity contribution in [1.82, 2.24) is 15.2 Å². The van der Waals surface area contributed by atoms with E-state index in [1.54, 1.807) is 29.4 Å². The molecule has 1 fully saturated rings. The fourth-order valence-corrected chi connectivity index (χ4v) is 3.39. The van der Waals surface area contributed by atoms with E-state index in [9.17, 15) is 14.0 Å². The van der Waals surface area contributed by atoms with Gasteiger partial charge < -0.3 is 20.0 Å². The molecule has 0 bridgehead atoms. The lowest BCUT2D eigenvalue weighted by atomic mass is 10.0. The predicted octanol–water partition coefficient (Wildman–Crippen LogP) is 3.66. The summed E-state index contributed by atoms with van der Waals surface area (Å²) in [5, 5.41) is 5.58. The van der Waals surface area contributed by atoms with Gasteiger partial charge >= 0.3 is 6.03 Å². The minimum atomic E-state index is -0.603. The number of unbranched alkanes of at least 4 members (excludes halogenated alkanes) is 2. The first-order valence-electron chi connectivity index (χ1n) is 9.60. The summed E-state index contributed by atoms with van der Waals surface area (Å²) >= 11 is 0. The first-order chi connectivity index (χ1) is 13.6. The van der Waals surface area contributed by atoms with E-state index in [2.05, 4.69) is 15.6 Å². The van der Waals surface area contributed by atoms with Crippen LogP contribution in [0.4, 0.5) is 14.9 Å². The van der Waals surface area contributed by atoms with Crippen molar-refractivity contribution in [1.29, 1.82) is 0 Å². The largest absolute Gasteiger partial charge is 0.456 e. The van der Waals surface area contributed by atoms with Gasteiger partial charge in [-0.3, -0.25) is 9.78 Å². The van der Waals surface area contributed by atoms with Crippen molar-refractivity contribution in [3.63, 3.8) is 0 Å². The molecular weight excluding hydrogens is 363 g/mol. The summed E-state index contributed by atoms with van der Waals surface area (Å²) < 4.78 is 18.4. The molecule has 0 saturated carbocycles. The number of rotatable bonds is 8. The van der Waals surface area contributed by atoms with E-state index in [0.29, 0.717) is 31.2 Å². The summed E-state index contributed by atoms with van der Waals surface area (Å²) in [5.41, 5.74) is 0.710. The van der Waals surface area contributed by atoms with Crippen LogP contribution in [0.3, 0.4) is 0 Å². The van der Waals surface area contributed by atoms with Gasteiger partial charge in [0.1, 0.15) is 0 Å². The molecule has 1 saturated heterocycles. The Labute approximate surface area is 163 Å². The van der Waals surface area contributed by atoms with E-state index in [-0.39, 0.29) is 17.7 Å². The highest BCUT2D eigenvalue weighted by Crippen LogP contribution is 2.24. The average Bonchev–Trinajstić information content (AvgIpc) is 3.34. The van der Waals surface area contributed by atoms with Gasteiger partial charge in [0.05, 0.1) is 6.26 Å². The molecule has 3 rings (SSSR count). The van der Waals surface area contributed by atoms with Crippen molar-refractivity contribution >= 4 is 17.6 Å². The highest BCUT2D eigenvalue weighted by Gasteiger charge is 2.29. The van der Waals surface area contributed by atoms with Crippen molar-refractivity contribution in [2.75, 3.05) is 25.0 Å². The minimum absolute atomic E-state index is 0.197. The molecule has 1 aliphatic heterocycles. The number of carbonyl (C=O) groups is 2. The number of carbonyl (C=O) groups excluding carboxylic acids is 2. The third-order valence-corrected chi connectivity index (χ3v) is 4.90. The fraction of sp³-hybridized carbons (Fsp3) is 0.450. The maximum atomic E-state index is 13.5. The zero-order valence-electron chi connectivity index (χ0n) is 15.7. The van der Waals surface area contributed by atoms with Gasteiger partial charge in [-0.1, -0.05) is 12.8 Å². The molecular formula is C20H25FN4O3. The van der Waals surface area contributed by atoms with Gasteiger partial charge in [-0.2, -0.15) is 0 Å². The molecule has 0 radical (unpaired) electrons. The summed E-state index contributed by atoms with van der Waals surface area (Å²) in [6, 6.07) is 4.40. The molecule has 1 aliphatic rings. The van der Waals surface area contributed by atoms with Crippen LogP contribution in [0, 0.1) is 11.7 Å².